The van der Waals surface area contributed by atoms with Crippen LogP contribution in [-0.2, 0) is 0 Å². The fourth-order valence-electron chi connectivity index (χ4n) is 3.79. The summed E-state index contributed by atoms with van der Waals surface area (Å²) in [5.41, 5.74) is 6.57. The molecule has 0 saturated heterocycles. The van der Waals surface area contributed by atoms with Crippen LogP contribution in [0.5, 0.6) is 0 Å². The van der Waals surface area contributed by atoms with Crippen molar-refractivity contribution in [2.75, 3.05) is 11.4 Å². The molecule has 1 aliphatic rings. The first-order valence-corrected chi connectivity index (χ1v) is 9.25. The van der Waals surface area contributed by atoms with Gasteiger partial charge in [0.1, 0.15) is 0 Å². The fraction of sp³-hybridized carbons (Fsp3) is 0.292. The average molecular weight is 342 g/mol. The molecule has 0 unspecified atom stereocenters. The summed E-state index contributed by atoms with van der Waals surface area (Å²) >= 11 is 0. The molecule has 1 aliphatic heterocycles. The van der Waals surface area contributed by atoms with Crippen molar-refractivity contribution in [1.82, 2.24) is 0 Å². The second kappa shape index (κ2) is 7.22. The lowest BCUT2D eigenvalue weighted by molar-refractivity contribution is 0.550. The SMILES string of the molecule is CCCN1c2ccc(/C=C(/C#N)c3ccccc3)cc2C(C)=CC1(C)C. The zero-order valence-corrected chi connectivity index (χ0v) is 16.1. The molecule has 0 aromatic heterocycles. The van der Waals surface area contributed by atoms with Gasteiger partial charge in [0.25, 0.3) is 0 Å². The molecule has 0 atom stereocenters. The van der Waals surface area contributed by atoms with Crippen LogP contribution in [0.3, 0.4) is 0 Å². The maximum Gasteiger partial charge on any atom is 0.0998 e. The minimum atomic E-state index is 0.0201. The van der Waals surface area contributed by atoms with Gasteiger partial charge in [0.2, 0.25) is 0 Å². The molecule has 1 heterocycles. The first kappa shape index (κ1) is 18.0. The predicted octanol–water partition coefficient (Wildman–Crippen LogP) is 6.16. The Balaban J connectivity index is 2.05. The summed E-state index contributed by atoms with van der Waals surface area (Å²) in [6.45, 7) is 9.97. The van der Waals surface area contributed by atoms with Crippen LogP contribution >= 0.6 is 0 Å². The van der Waals surface area contributed by atoms with Gasteiger partial charge in [-0.05, 0) is 62.1 Å². The van der Waals surface area contributed by atoms with Crippen molar-refractivity contribution < 1.29 is 0 Å². The van der Waals surface area contributed by atoms with Gasteiger partial charge in [-0.3, -0.25) is 0 Å². The van der Waals surface area contributed by atoms with E-state index in [2.05, 4.69) is 62.9 Å². The maximum atomic E-state index is 9.57. The third-order valence-corrected chi connectivity index (χ3v) is 4.97. The summed E-state index contributed by atoms with van der Waals surface area (Å²) < 4.78 is 0. The lowest BCUT2D eigenvalue weighted by Gasteiger charge is -2.43. The molecule has 2 nitrogen and oxygen atoms in total. The van der Waals surface area contributed by atoms with Crippen molar-refractivity contribution in [2.24, 2.45) is 0 Å². The van der Waals surface area contributed by atoms with E-state index in [1.165, 1.54) is 16.8 Å². The topological polar surface area (TPSA) is 27.0 Å². The molecule has 2 aromatic rings. The van der Waals surface area contributed by atoms with E-state index in [1.54, 1.807) is 0 Å². The van der Waals surface area contributed by atoms with E-state index in [1.807, 2.05) is 36.4 Å². The second-order valence-electron chi connectivity index (χ2n) is 7.45. The zero-order valence-electron chi connectivity index (χ0n) is 16.1. The Labute approximate surface area is 157 Å². The van der Waals surface area contributed by atoms with Crippen LogP contribution in [0.15, 0.2) is 54.6 Å². The average Bonchev–Trinajstić information content (AvgIpc) is 2.63. The number of fused-ring (bicyclic) bond motifs is 1. The van der Waals surface area contributed by atoms with E-state index in [0.29, 0.717) is 5.57 Å². The van der Waals surface area contributed by atoms with E-state index in [0.717, 1.165) is 24.1 Å². The summed E-state index contributed by atoms with van der Waals surface area (Å²) in [6, 6.07) is 18.7. The van der Waals surface area contributed by atoms with Gasteiger partial charge in [0, 0.05) is 17.8 Å². The number of rotatable bonds is 4. The molecule has 0 fully saturated rings. The predicted molar refractivity (Wildman–Crippen MR) is 112 cm³/mol. The Hall–Kier alpha value is -2.79. The van der Waals surface area contributed by atoms with E-state index >= 15 is 0 Å². The van der Waals surface area contributed by atoms with Gasteiger partial charge in [-0.25, -0.2) is 0 Å². The number of nitrogens with zero attached hydrogens (tertiary/aromatic N) is 2. The van der Waals surface area contributed by atoms with E-state index in [9.17, 15) is 5.26 Å². The number of benzene rings is 2. The van der Waals surface area contributed by atoms with Crippen LogP contribution in [0.25, 0.3) is 17.2 Å². The highest BCUT2D eigenvalue weighted by Gasteiger charge is 2.30. The highest BCUT2D eigenvalue weighted by Crippen LogP contribution is 2.39. The largest absolute Gasteiger partial charge is 0.362 e. The summed E-state index contributed by atoms with van der Waals surface area (Å²) in [7, 11) is 0. The summed E-state index contributed by atoms with van der Waals surface area (Å²) in [5.74, 6) is 0. The smallest absolute Gasteiger partial charge is 0.0998 e. The normalized spacial score (nSPS) is 15.9. The third-order valence-electron chi connectivity index (χ3n) is 4.97. The number of anilines is 1. The molecular formula is C24H26N2. The van der Waals surface area contributed by atoms with Gasteiger partial charge >= 0.3 is 0 Å². The Kier molecular flexibility index (Phi) is 5.00. The molecule has 0 radical (unpaired) electrons. The minimum absolute atomic E-state index is 0.0201. The monoisotopic (exact) mass is 342 g/mol. The van der Waals surface area contributed by atoms with Crippen LogP contribution < -0.4 is 4.90 Å². The Morgan fingerprint density at radius 3 is 2.54 bits per heavy atom. The quantitative estimate of drug-likeness (QED) is 0.491. The first-order chi connectivity index (χ1) is 12.5. The molecule has 26 heavy (non-hydrogen) atoms. The van der Waals surface area contributed by atoms with Crippen molar-refractivity contribution in [1.29, 1.82) is 5.26 Å². The number of allylic oxidation sites excluding steroid dienone is 2. The zero-order chi connectivity index (χ0) is 18.7. The summed E-state index contributed by atoms with van der Waals surface area (Å²) in [6.07, 6.45) is 5.44. The van der Waals surface area contributed by atoms with Gasteiger partial charge in [0.05, 0.1) is 17.2 Å². The van der Waals surface area contributed by atoms with E-state index in [-0.39, 0.29) is 5.54 Å². The number of hydrogen-bond acceptors (Lipinski definition) is 2. The van der Waals surface area contributed by atoms with Crippen LogP contribution in [-0.4, -0.2) is 12.1 Å². The molecule has 2 heteroatoms. The third kappa shape index (κ3) is 3.44. The van der Waals surface area contributed by atoms with Gasteiger partial charge in [-0.15, -0.1) is 0 Å². The van der Waals surface area contributed by atoms with E-state index < -0.39 is 0 Å². The Morgan fingerprint density at radius 2 is 1.88 bits per heavy atom. The van der Waals surface area contributed by atoms with Crippen molar-refractivity contribution >= 4 is 22.9 Å². The molecule has 0 aliphatic carbocycles. The number of nitriles is 1. The van der Waals surface area contributed by atoms with Crippen LogP contribution in [0.2, 0.25) is 0 Å². The Bertz CT molecular complexity index is 896. The number of hydrogen-bond donors (Lipinski definition) is 0. The van der Waals surface area contributed by atoms with Crippen molar-refractivity contribution in [3.8, 4) is 6.07 Å². The summed E-state index contributed by atoms with van der Waals surface area (Å²) in [5, 5.41) is 9.57. The highest BCUT2D eigenvalue weighted by molar-refractivity contribution is 5.91. The molecule has 2 aromatic carbocycles. The molecule has 0 bridgehead atoms. The lowest BCUT2D eigenvalue weighted by atomic mass is 9.87. The molecule has 0 amide bonds. The molecule has 0 spiro atoms. The molecular weight excluding hydrogens is 316 g/mol. The van der Waals surface area contributed by atoms with Gasteiger partial charge < -0.3 is 4.90 Å². The van der Waals surface area contributed by atoms with Crippen molar-refractivity contribution in [3.63, 3.8) is 0 Å². The van der Waals surface area contributed by atoms with Gasteiger partial charge in [-0.2, -0.15) is 5.26 Å². The minimum Gasteiger partial charge on any atom is -0.362 e. The van der Waals surface area contributed by atoms with Crippen LogP contribution in [0.4, 0.5) is 5.69 Å². The van der Waals surface area contributed by atoms with Crippen LogP contribution in [0.1, 0.15) is 50.8 Å². The van der Waals surface area contributed by atoms with Gasteiger partial charge in [0.15, 0.2) is 0 Å². The standard InChI is InChI=1S/C24H26N2/c1-5-13-26-23-12-11-19(15-22(23)18(2)16-24(26,3)4)14-21(17-25)20-9-7-6-8-10-20/h6-12,14-16H,5,13H2,1-4H3/b21-14-. The van der Waals surface area contributed by atoms with Crippen LogP contribution in [0, 0.1) is 11.3 Å². The highest BCUT2D eigenvalue weighted by atomic mass is 15.2. The lowest BCUT2D eigenvalue weighted by Crippen LogP contribution is -2.45. The maximum absolute atomic E-state index is 9.57. The molecule has 0 N–H and O–H groups in total. The molecule has 132 valence electrons. The van der Waals surface area contributed by atoms with Crippen molar-refractivity contribution in [2.45, 2.75) is 39.7 Å². The van der Waals surface area contributed by atoms with E-state index in [4.69, 9.17) is 0 Å². The molecule has 3 rings (SSSR count). The van der Waals surface area contributed by atoms with Gasteiger partial charge in [-0.1, -0.05) is 49.4 Å². The van der Waals surface area contributed by atoms with Crippen molar-refractivity contribution in [3.05, 3.63) is 71.3 Å². The Morgan fingerprint density at radius 1 is 1.15 bits per heavy atom. The second-order valence-corrected chi connectivity index (χ2v) is 7.45. The fourth-order valence-corrected chi connectivity index (χ4v) is 3.79. The first-order valence-electron chi connectivity index (χ1n) is 9.25. The summed E-state index contributed by atoms with van der Waals surface area (Å²) in [4.78, 5) is 2.48. The molecule has 0 saturated carbocycles.